The Kier molecular flexibility index (Phi) is 3.90. The summed E-state index contributed by atoms with van der Waals surface area (Å²) < 4.78 is 5.46. The maximum Gasteiger partial charge on any atom is 0.269 e. The number of nitro groups is 1. The van der Waals surface area contributed by atoms with Crippen molar-refractivity contribution in [2.24, 2.45) is 5.73 Å². The minimum Gasteiger partial charge on any atom is -0.472 e. The maximum atomic E-state index is 10.7. The second-order valence-corrected chi connectivity index (χ2v) is 3.99. The number of non-ortho nitro benzene ring substituents is 1. The average molecular weight is 272 g/mol. The highest BCUT2D eigenvalue weighted by Gasteiger charge is 2.09. The van der Waals surface area contributed by atoms with Crippen molar-refractivity contribution < 1.29 is 9.66 Å². The van der Waals surface area contributed by atoms with Gasteiger partial charge in [0, 0.05) is 18.3 Å². The summed E-state index contributed by atoms with van der Waals surface area (Å²) in [7, 11) is 0. The van der Waals surface area contributed by atoms with E-state index in [0.29, 0.717) is 11.1 Å². The molecule has 0 saturated carbocycles. The van der Waals surface area contributed by atoms with Crippen molar-refractivity contribution in [3.63, 3.8) is 0 Å². The summed E-state index contributed by atoms with van der Waals surface area (Å²) in [6, 6.07) is 9.40. The quantitative estimate of drug-likeness (QED) is 0.373. The molecule has 0 bridgehead atoms. The molecular weight excluding hydrogens is 260 g/mol. The first-order valence-electron chi connectivity index (χ1n) is 5.73. The van der Waals surface area contributed by atoms with Gasteiger partial charge < -0.3 is 10.5 Å². The summed E-state index contributed by atoms with van der Waals surface area (Å²) in [5.41, 5.74) is 6.45. The van der Waals surface area contributed by atoms with Crippen LogP contribution in [0.1, 0.15) is 11.1 Å². The Morgan fingerprint density at radius 1 is 1.40 bits per heavy atom. The number of nitrogens with one attached hydrogen (secondary N) is 1. The van der Waals surface area contributed by atoms with Crippen molar-refractivity contribution in [2.75, 3.05) is 0 Å². The lowest BCUT2D eigenvalue weighted by molar-refractivity contribution is -0.384. The Labute approximate surface area is 114 Å². The van der Waals surface area contributed by atoms with Gasteiger partial charge in [0.25, 0.3) is 5.69 Å². The van der Waals surface area contributed by atoms with E-state index in [-0.39, 0.29) is 24.0 Å². The molecule has 0 amide bonds. The fraction of sp³-hybridized carbons (Fsp3) is 0.0769. The van der Waals surface area contributed by atoms with Gasteiger partial charge in [0.2, 0.25) is 5.88 Å². The molecule has 0 radical (unpaired) electrons. The van der Waals surface area contributed by atoms with Gasteiger partial charge in [-0.15, -0.1) is 0 Å². The second-order valence-electron chi connectivity index (χ2n) is 3.99. The zero-order valence-corrected chi connectivity index (χ0v) is 10.4. The van der Waals surface area contributed by atoms with Gasteiger partial charge >= 0.3 is 0 Å². The van der Waals surface area contributed by atoms with Gasteiger partial charge in [-0.3, -0.25) is 15.5 Å². The minimum atomic E-state index is -0.467. The molecule has 0 aliphatic heterocycles. The van der Waals surface area contributed by atoms with E-state index in [4.69, 9.17) is 15.9 Å². The highest BCUT2D eigenvalue weighted by molar-refractivity contribution is 5.96. The predicted molar refractivity (Wildman–Crippen MR) is 72.7 cm³/mol. The first-order valence-corrected chi connectivity index (χ1v) is 5.73. The SMILES string of the molecule is N=C(N)c1cccnc1OCc1cccc([N+](=O)[O-])c1. The highest BCUT2D eigenvalue weighted by atomic mass is 16.6. The van der Waals surface area contributed by atoms with Crippen LogP contribution in [-0.4, -0.2) is 15.7 Å². The first-order chi connectivity index (χ1) is 9.58. The number of amidine groups is 1. The van der Waals surface area contributed by atoms with Crippen molar-refractivity contribution in [1.82, 2.24) is 4.98 Å². The van der Waals surface area contributed by atoms with Gasteiger partial charge in [-0.2, -0.15) is 0 Å². The molecular formula is C13H12N4O3. The molecule has 1 aromatic carbocycles. The van der Waals surface area contributed by atoms with Crippen LogP contribution in [0.5, 0.6) is 5.88 Å². The smallest absolute Gasteiger partial charge is 0.269 e. The van der Waals surface area contributed by atoms with Gasteiger partial charge in [0.05, 0.1) is 10.5 Å². The summed E-state index contributed by atoms with van der Waals surface area (Å²) >= 11 is 0. The van der Waals surface area contributed by atoms with Crippen LogP contribution in [0.15, 0.2) is 42.6 Å². The first kappa shape index (κ1) is 13.5. The third kappa shape index (κ3) is 3.08. The van der Waals surface area contributed by atoms with E-state index in [9.17, 15) is 10.1 Å². The Morgan fingerprint density at radius 3 is 2.90 bits per heavy atom. The van der Waals surface area contributed by atoms with E-state index in [2.05, 4.69) is 4.98 Å². The summed E-state index contributed by atoms with van der Waals surface area (Å²) in [4.78, 5) is 14.2. The zero-order chi connectivity index (χ0) is 14.5. The molecule has 0 fully saturated rings. The molecule has 2 rings (SSSR count). The fourth-order valence-corrected chi connectivity index (χ4v) is 1.62. The van der Waals surface area contributed by atoms with E-state index in [0.717, 1.165) is 0 Å². The number of pyridine rings is 1. The van der Waals surface area contributed by atoms with Gasteiger partial charge in [0.1, 0.15) is 12.4 Å². The molecule has 1 aromatic heterocycles. The van der Waals surface area contributed by atoms with Gasteiger partial charge in [-0.05, 0) is 17.7 Å². The standard InChI is InChI=1S/C13H12N4O3/c14-12(15)11-5-2-6-16-13(11)20-8-9-3-1-4-10(7-9)17(18)19/h1-7H,8H2,(H3,14,15). The molecule has 0 atom stereocenters. The van der Waals surface area contributed by atoms with Crippen molar-refractivity contribution in [3.05, 3.63) is 63.8 Å². The number of aromatic nitrogens is 1. The van der Waals surface area contributed by atoms with Crippen LogP contribution in [0, 0.1) is 15.5 Å². The summed E-state index contributed by atoms with van der Waals surface area (Å²) in [6.45, 7) is 0.110. The molecule has 0 unspecified atom stereocenters. The fourth-order valence-electron chi connectivity index (χ4n) is 1.62. The molecule has 7 nitrogen and oxygen atoms in total. The predicted octanol–water partition coefficient (Wildman–Crippen LogP) is 1.85. The number of rotatable bonds is 5. The van der Waals surface area contributed by atoms with Crippen LogP contribution in [0.2, 0.25) is 0 Å². The number of nitrogen functional groups attached to an aromatic ring is 1. The van der Waals surface area contributed by atoms with Crippen molar-refractivity contribution in [3.8, 4) is 5.88 Å². The monoisotopic (exact) mass is 272 g/mol. The van der Waals surface area contributed by atoms with Crippen LogP contribution in [-0.2, 0) is 6.61 Å². The molecule has 7 heteroatoms. The largest absolute Gasteiger partial charge is 0.472 e. The van der Waals surface area contributed by atoms with Crippen molar-refractivity contribution >= 4 is 11.5 Å². The Balaban J connectivity index is 2.15. The number of nitrogens with two attached hydrogens (primary N) is 1. The van der Waals surface area contributed by atoms with Gasteiger partial charge in [0.15, 0.2) is 0 Å². The van der Waals surface area contributed by atoms with E-state index in [1.807, 2.05) is 0 Å². The van der Waals surface area contributed by atoms with Crippen molar-refractivity contribution in [2.45, 2.75) is 6.61 Å². The zero-order valence-electron chi connectivity index (χ0n) is 10.4. The number of nitrogens with zero attached hydrogens (tertiary/aromatic N) is 2. The van der Waals surface area contributed by atoms with E-state index in [1.54, 1.807) is 24.3 Å². The van der Waals surface area contributed by atoms with Gasteiger partial charge in [-0.25, -0.2) is 4.98 Å². The third-order valence-electron chi connectivity index (χ3n) is 2.56. The van der Waals surface area contributed by atoms with Crippen LogP contribution < -0.4 is 10.5 Å². The normalized spacial score (nSPS) is 10.0. The number of nitro benzene ring substituents is 1. The average Bonchev–Trinajstić information content (AvgIpc) is 2.45. The molecule has 3 N–H and O–H groups in total. The lowest BCUT2D eigenvalue weighted by atomic mass is 10.2. The molecule has 1 heterocycles. The Bertz CT molecular complexity index is 658. The number of ether oxygens (including phenoxy) is 1. The third-order valence-corrected chi connectivity index (χ3v) is 2.56. The maximum absolute atomic E-state index is 10.7. The number of hydrogen-bond donors (Lipinski definition) is 2. The Morgan fingerprint density at radius 2 is 2.20 bits per heavy atom. The molecule has 2 aromatic rings. The van der Waals surface area contributed by atoms with Crippen LogP contribution in [0.4, 0.5) is 5.69 Å². The second kappa shape index (κ2) is 5.79. The summed E-state index contributed by atoms with van der Waals surface area (Å²) in [5.74, 6) is 0.0821. The summed E-state index contributed by atoms with van der Waals surface area (Å²) in [6.07, 6.45) is 1.52. The van der Waals surface area contributed by atoms with E-state index < -0.39 is 4.92 Å². The molecule has 0 aliphatic carbocycles. The lowest BCUT2D eigenvalue weighted by Crippen LogP contribution is -2.13. The minimum absolute atomic E-state index is 0.00101. The highest BCUT2D eigenvalue weighted by Crippen LogP contribution is 2.17. The molecule has 0 spiro atoms. The molecule has 102 valence electrons. The van der Waals surface area contributed by atoms with Crippen LogP contribution in [0.3, 0.4) is 0 Å². The van der Waals surface area contributed by atoms with Gasteiger partial charge in [-0.1, -0.05) is 12.1 Å². The van der Waals surface area contributed by atoms with E-state index in [1.165, 1.54) is 18.3 Å². The number of hydrogen-bond acceptors (Lipinski definition) is 5. The molecule has 20 heavy (non-hydrogen) atoms. The van der Waals surface area contributed by atoms with Crippen LogP contribution in [0.25, 0.3) is 0 Å². The topological polar surface area (TPSA) is 115 Å². The van der Waals surface area contributed by atoms with Crippen molar-refractivity contribution in [1.29, 1.82) is 5.41 Å². The summed E-state index contributed by atoms with van der Waals surface area (Å²) in [5, 5.41) is 18.1. The van der Waals surface area contributed by atoms with Crippen LogP contribution >= 0.6 is 0 Å². The molecule has 0 aliphatic rings. The lowest BCUT2D eigenvalue weighted by Gasteiger charge is -2.08. The number of benzene rings is 1. The van der Waals surface area contributed by atoms with E-state index >= 15 is 0 Å². The molecule has 0 saturated heterocycles. The Hall–Kier alpha value is -2.96.